The van der Waals surface area contributed by atoms with E-state index < -0.39 is 17.8 Å². The molecule has 2 aromatic carbocycles. The SMILES string of the molecule is Cn1c(CN2CC=C(c3cccnc3OCc3ccc(Cl)cc3F)CC2)nc2cc(-c3nnc(C(F)(F)F)[nH]3)ccc21. The van der Waals surface area contributed by atoms with E-state index in [4.69, 9.17) is 21.3 Å². The molecule has 42 heavy (non-hydrogen) atoms. The molecule has 0 radical (unpaired) electrons. The Morgan fingerprint density at radius 3 is 2.69 bits per heavy atom. The number of nitrogens with zero attached hydrogens (tertiary/aromatic N) is 6. The van der Waals surface area contributed by atoms with Crippen molar-refractivity contribution in [1.29, 1.82) is 0 Å². The molecule has 13 heteroatoms. The molecule has 0 amide bonds. The van der Waals surface area contributed by atoms with Crippen LogP contribution in [-0.4, -0.2) is 47.7 Å². The maximum absolute atomic E-state index is 14.2. The fraction of sp³-hybridized carbons (Fsp3) is 0.241. The zero-order chi connectivity index (χ0) is 29.4. The summed E-state index contributed by atoms with van der Waals surface area (Å²) in [5, 5.41) is 7.18. The van der Waals surface area contributed by atoms with Gasteiger partial charge < -0.3 is 14.3 Å². The lowest BCUT2D eigenvalue weighted by Crippen LogP contribution is -2.29. The molecular weight excluding hydrogens is 574 g/mol. The van der Waals surface area contributed by atoms with E-state index in [0.717, 1.165) is 35.4 Å². The third-order valence-electron chi connectivity index (χ3n) is 7.16. The highest BCUT2D eigenvalue weighted by Crippen LogP contribution is 2.31. The van der Waals surface area contributed by atoms with Crippen molar-refractivity contribution in [2.75, 3.05) is 13.1 Å². The van der Waals surface area contributed by atoms with Crippen LogP contribution < -0.4 is 4.74 Å². The van der Waals surface area contributed by atoms with Gasteiger partial charge in [-0.3, -0.25) is 4.90 Å². The smallest absolute Gasteiger partial charge is 0.451 e. The summed E-state index contributed by atoms with van der Waals surface area (Å²) >= 11 is 5.85. The van der Waals surface area contributed by atoms with E-state index in [1.54, 1.807) is 30.5 Å². The van der Waals surface area contributed by atoms with Crippen LogP contribution in [0.1, 0.15) is 29.2 Å². The Balaban J connectivity index is 1.15. The minimum Gasteiger partial charge on any atom is -0.472 e. The fourth-order valence-corrected chi connectivity index (χ4v) is 5.05. The minimum absolute atomic E-state index is 0.0286. The van der Waals surface area contributed by atoms with Crippen molar-refractivity contribution < 1.29 is 22.3 Å². The largest absolute Gasteiger partial charge is 0.472 e. The number of H-pyrrole nitrogens is 1. The number of nitrogens with one attached hydrogen (secondary N) is 1. The zero-order valence-electron chi connectivity index (χ0n) is 22.3. The quantitative estimate of drug-likeness (QED) is 0.218. The first-order chi connectivity index (χ1) is 20.2. The van der Waals surface area contributed by atoms with Crippen LogP contribution in [0, 0.1) is 5.82 Å². The molecule has 1 aliphatic heterocycles. The molecule has 8 nitrogen and oxygen atoms in total. The van der Waals surface area contributed by atoms with Gasteiger partial charge in [-0.05, 0) is 54.5 Å². The molecule has 1 N–H and O–H groups in total. The van der Waals surface area contributed by atoms with Gasteiger partial charge in [0, 0.05) is 48.0 Å². The van der Waals surface area contributed by atoms with E-state index in [1.807, 2.05) is 29.8 Å². The van der Waals surface area contributed by atoms with Gasteiger partial charge >= 0.3 is 6.18 Å². The van der Waals surface area contributed by atoms with Crippen LogP contribution >= 0.6 is 11.6 Å². The molecule has 216 valence electrons. The maximum atomic E-state index is 14.2. The number of alkyl halides is 3. The highest BCUT2D eigenvalue weighted by Gasteiger charge is 2.35. The molecule has 6 rings (SSSR count). The van der Waals surface area contributed by atoms with Crippen LogP contribution in [0.4, 0.5) is 17.6 Å². The average Bonchev–Trinajstić information content (AvgIpc) is 3.59. The van der Waals surface area contributed by atoms with Gasteiger partial charge in [0.05, 0.1) is 17.6 Å². The summed E-state index contributed by atoms with van der Waals surface area (Å²) in [5.74, 6) is -0.284. The van der Waals surface area contributed by atoms with Crippen LogP contribution in [0.5, 0.6) is 5.88 Å². The number of aromatic amines is 1. The number of fused-ring (bicyclic) bond motifs is 1. The Labute approximate surface area is 242 Å². The van der Waals surface area contributed by atoms with E-state index in [-0.39, 0.29) is 12.4 Å². The average molecular weight is 598 g/mol. The molecule has 0 bridgehead atoms. The van der Waals surface area contributed by atoms with Gasteiger partial charge in [0.15, 0.2) is 5.82 Å². The maximum Gasteiger partial charge on any atom is 0.451 e. The first-order valence-electron chi connectivity index (χ1n) is 13.0. The molecule has 0 saturated carbocycles. The van der Waals surface area contributed by atoms with Crippen molar-refractivity contribution in [3.8, 4) is 17.3 Å². The van der Waals surface area contributed by atoms with Gasteiger partial charge in [-0.15, -0.1) is 10.2 Å². The summed E-state index contributed by atoms with van der Waals surface area (Å²) in [6.45, 7) is 2.04. The second-order valence-corrected chi connectivity index (χ2v) is 10.3. The monoisotopic (exact) mass is 597 g/mol. The molecule has 4 heterocycles. The highest BCUT2D eigenvalue weighted by molar-refractivity contribution is 6.30. The topological polar surface area (TPSA) is 84.8 Å². The molecule has 5 aromatic rings. The third kappa shape index (κ3) is 5.72. The van der Waals surface area contributed by atoms with Gasteiger partial charge in [-0.2, -0.15) is 13.2 Å². The zero-order valence-corrected chi connectivity index (χ0v) is 23.0. The van der Waals surface area contributed by atoms with E-state index in [9.17, 15) is 17.6 Å². The Kier molecular flexibility index (Phi) is 7.42. The summed E-state index contributed by atoms with van der Waals surface area (Å²) in [4.78, 5) is 13.6. The van der Waals surface area contributed by atoms with E-state index in [1.165, 1.54) is 6.07 Å². The summed E-state index contributed by atoms with van der Waals surface area (Å²) in [7, 11) is 1.91. The van der Waals surface area contributed by atoms with Crippen LogP contribution in [0.2, 0.25) is 5.02 Å². The normalized spacial score (nSPS) is 14.4. The van der Waals surface area contributed by atoms with Crippen LogP contribution in [0.15, 0.2) is 60.8 Å². The number of imidazole rings is 1. The van der Waals surface area contributed by atoms with Gasteiger partial charge in [0.1, 0.15) is 18.2 Å². The van der Waals surface area contributed by atoms with Gasteiger partial charge in [0.2, 0.25) is 11.7 Å². The first-order valence-corrected chi connectivity index (χ1v) is 13.4. The predicted molar refractivity (Wildman–Crippen MR) is 149 cm³/mol. The number of ether oxygens (including phenoxy) is 1. The Morgan fingerprint density at radius 2 is 1.95 bits per heavy atom. The molecular formula is C29H24ClF4N7O. The van der Waals surface area contributed by atoms with Gasteiger partial charge in [-0.25, -0.2) is 14.4 Å². The number of benzene rings is 2. The summed E-state index contributed by atoms with van der Waals surface area (Å²) in [6, 6.07) is 13.5. The standard InChI is InChI=1S/C29H24ClF4N7O/c1-40-24-7-5-18(26-37-28(39-38-26)29(32,33)34)13-23(24)36-25(40)15-41-11-8-17(9-12-41)21-3-2-10-35-27(21)42-16-19-4-6-20(30)14-22(19)31/h2-8,10,13-14H,9,11-12,15-16H2,1H3,(H,37,38,39). The first kappa shape index (κ1) is 27.9. The minimum atomic E-state index is -4.60. The summed E-state index contributed by atoms with van der Waals surface area (Å²) < 4.78 is 60.9. The molecule has 0 aliphatic carbocycles. The van der Waals surface area contributed by atoms with Gasteiger partial charge in [0.25, 0.3) is 0 Å². The Morgan fingerprint density at radius 1 is 1.10 bits per heavy atom. The number of aromatic nitrogens is 6. The third-order valence-corrected chi connectivity index (χ3v) is 7.39. The van der Waals surface area contributed by atoms with Crippen molar-refractivity contribution >= 4 is 28.2 Å². The molecule has 0 unspecified atom stereocenters. The molecule has 0 atom stereocenters. The van der Waals surface area contributed by atoms with Crippen molar-refractivity contribution in [2.24, 2.45) is 7.05 Å². The van der Waals surface area contributed by atoms with Gasteiger partial charge in [-0.1, -0.05) is 23.7 Å². The van der Waals surface area contributed by atoms with Crippen LogP contribution in [-0.2, 0) is 26.4 Å². The number of rotatable bonds is 7. The number of pyridine rings is 1. The van der Waals surface area contributed by atoms with E-state index in [2.05, 4.69) is 31.1 Å². The van der Waals surface area contributed by atoms with E-state index in [0.29, 0.717) is 40.6 Å². The molecule has 0 fully saturated rings. The number of hydrogen-bond acceptors (Lipinski definition) is 6. The van der Waals surface area contributed by atoms with Crippen molar-refractivity contribution in [1.82, 2.24) is 34.6 Å². The molecule has 0 saturated heterocycles. The fourth-order valence-electron chi connectivity index (χ4n) is 4.89. The van der Waals surface area contributed by atoms with Crippen LogP contribution in [0.3, 0.4) is 0 Å². The second-order valence-electron chi connectivity index (χ2n) is 9.91. The van der Waals surface area contributed by atoms with Crippen molar-refractivity contribution in [2.45, 2.75) is 25.7 Å². The number of hydrogen-bond donors (Lipinski definition) is 1. The van der Waals surface area contributed by atoms with Crippen molar-refractivity contribution in [3.05, 3.63) is 94.4 Å². The molecule has 0 spiro atoms. The highest BCUT2D eigenvalue weighted by atomic mass is 35.5. The lowest BCUT2D eigenvalue weighted by Gasteiger charge is -2.26. The lowest BCUT2D eigenvalue weighted by atomic mass is 10.0. The number of aryl methyl sites for hydroxylation is 1. The summed E-state index contributed by atoms with van der Waals surface area (Å²) in [6.07, 6.45) is -0.0855. The Bertz CT molecular complexity index is 1800. The summed E-state index contributed by atoms with van der Waals surface area (Å²) in [5.41, 5.74) is 4.31. The van der Waals surface area contributed by atoms with Crippen molar-refractivity contribution in [3.63, 3.8) is 0 Å². The molecule has 1 aliphatic rings. The van der Waals surface area contributed by atoms with E-state index >= 15 is 0 Å². The molecule has 3 aromatic heterocycles. The Hall–Kier alpha value is -4.29. The second kappa shape index (κ2) is 11.2. The predicted octanol–water partition coefficient (Wildman–Crippen LogP) is 6.43. The number of halogens is 5. The lowest BCUT2D eigenvalue weighted by molar-refractivity contribution is -0.144. The van der Waals surface area contributed by atoms with Crippen LogP contribution in [0.25, 0.3) is 28.0 Å².